The Morgan fingerprint density at radius 3 is 2.06 bits per heavy atom. The Bertz CT molecular complexity index is 1160. The number of para-hydroxylation sites is 4. The highest BCUT2D eigenvalue weighted by molar-refractivity contribution is 7.79. The highest BCUT2D eigenvalue weighted by Crippen LogP contribution is 2.48. The summed E-state index contributed by atoms with van der Waals surface area (Å²) in [6, 6.07) is 19.7. The number of hydrogen-bond acceptors (Lipinski definition) is 7. The maximum Gasteiger partial charge on any atom is 0.573 e. The zero-order chi connectivity index (χ0) is 25.9. The van der Waals surface area contributed by atoms with E-state index in [2.05, 4.69) is 9.64 Å². The third kappa shape index (κ3) is 5.98. The Morgan fingerprint density at radius 1 is 0.972 bits per heavy atom. The second kappa shape index (κ2) is 10.9. The molecule has 2 aliphatic rings. The lowest BCUT2D eigenvalue weighted by molar-refractivity contribution is -0.274. The van der Waals surface area contributed by atoms with Crippen LogP contribution in [0.5, 0.6) is 17.2 Å². The van der Waals surface area contributed by atoms with Crippen molar-refractivity contribution >= 4 is 22.5 Å². The molecular weight excluding hydrogens is 497 g/mol. The fourth-order valence-electron chi connectivity index (χ4n) is 4.31. The number of nitrogens with zero attached hydrogens (tertiary/aromatic N) is 1. The monoisotopic (exact) mass is 521 g/mol. The van der Waals surface area contributed by atoms with Crippen LogP contribution in [-0.2, 0) is 11.1 Å². The first kappa shape index (κ1) is 26.0. The molecule has 1 fully saturated rings. The second-order valence-corrected chi connectivity index (χ2v) is 9.25. The van der Waals surface area contributed by atoms with Crippen molar-refractivity contribution in [3.63, 3.8) is 0 Å². The Balaban J connectivity index is 0.000000189. The van der Waals surface area contributed by atoms with Gasteiger partial charge in [-0.2, -0.15) is 0 Å². The minimum absolute atomic E-state index is 0.0186. The minimum atomic E-state index is -4.77. The van der Waals surface area contributed by atoms with Gasteiger partial charge < -0.3 is 29.8 Å². The van der Waals surface area contributed by atoms with E-state index in [-0.39, 0.29) is 17.0 Å². The van der Waals surface area contributed by atoms with Gasteiger partial charge in [-0.15, -0.1) is 13.2 Å². The van der Waals surface area contributed by atoms with Gasteiger partial charge >= 0.3 is 6.36 Å². The van der Waals surface area contributed by atoms with Crippen molar-refractivity contribution in [1.29, 1.82) is 0 Å². The van der Waals surface area contributed by atoms with Crippen molar-refractivity contribution in [3.05, 3.63) is 72.8 Å². The van der Waals surface area contributed by atoms with Crippen LogP contribution < -0.4 is 20.1 Å². The summed E-state index contributed by atoms with van der Waals surface area (Å²) in [5, 5.41) is 10.6. The van der Waals surface area contributed by atoms with Crippen LogP contribution in [0.1, 0.15) is 19.3 Å². The van der Waals surface area contributed by atoms with E-state index in [9.17, 15) is 27.0 Å². The number of aliphatic hydroxyl groups excluding tert-OH is 1. The van der Waals surface area contributed by atoms with E-state index in [1.54, 1.807) is 0 Å². The molecule has 3 aromatic carbocycles. The normalized spacial score (nSPS) is 21.7. The van der Waals surface area contributed by atoms with Crippen LogP contribution in [0.2, 0.25) is 0 Å². The number of rotatable bonds is 3. The summed E-state index contributed by atoms with van der Waals surface area (Å²) in [5.41, 5.74) is 8.11. The van der Waals surface area contributed by atoms with E-state index >= 15 is 0 Å². The smallest absolute Gasteiger partial charge is 0.573 e. The quantitative estimate of drug-likeness (QED) is 0.467. The number of benzene rings is 3. The number of nitrogens with two attached hydrogens (primary N) is 1. The Labute approximate surface area is 208 Å². The predicted molar refractivity (Wildman–Crippen MR) is 127 cm³/mol. The van der Waals surface area contributed by atoms with Crippen LogP contribution in [0.15, 0.2) is 77.7 Å². The molecule has 7 nitrogen and oxygen atoms in total. The van der Waals surface area contributed by atoms with Gasteiger partial charge in [-0.1, -0.05) is 24.3 Å². The lowest BCUT2D eigenvalue weighted by Gasteiger charge is -2.44. The molecule has 1 aliphatic carbocycles. The lowest BCUT2D eigenvalue weighted by Crippen LogP contribution is -2.53. The molecule has 36 heavy (non-hydrogen) atoms. The molecule has 192 valence electrons. The molecule has 1 heterocycles. The molecule has 3 N–H and O–H groups in total. The minimum Gasteiger partial charge on any atom is -0.768 e. The molecule has 1 saturated carbocycles. The van der Waals surface area contributed by atoms with Gasteiger partial charge in [0.15, 0.2) is 11.5 Å². The summed E-state index contributed by atoms with van der Waals surface area (Å²) in [6.45, 7) is 0. The molecular formula is C25H24F3N2O5S-. The maximum absolute atomic E-state index is 11.7. The largest absolute Gasteiger partial charge is 0.768 e. The number of fused-ring (bicyclic) bond motifs is 2. The molecule has 0 amide bonds. The van der Waals surface area contributed by atoms with Crippen LogP contribution in [0, 0.1) is 0 Å². The Hall–Kier alpha value is -3.12. The summed E-state index contributed by atoms with van der Waals surface area (Å²) in [6.07, 6.45) is -2.46. The third-order valence-corrected chi connectivity index (χ3v) is 6.58. The molecule has 1 aliphatic heterocycles. The highest BCUT2D eigenvalue weighted by Gasteiger charge is 2.38. The fraction of sp³-hybridized carbons (Fsp3) is 0.280. The Kier molecular flexibility index (Phi) is 7.84. The average Bonchev–Trinajstić information content (AvgIpc) is 2.84. The van der Waals surface area contributed by atoms with Crippen molar-refractivity contribution in [3.8, 4) is 17.2 Å². The molecule has 5 rings (SSSR count). The van der Waals surface area contributed by atoms with Crippen molar-refractivity contribution < 1.29 is 36.5 Å². The molecule has 0 spiro atoms. The number of ether oxygens (including phenoxy) is 2. The van der Waals surface area contributed by atoms with Gasteiger partial charge in [0.2, 0.25) is 0 Å². The molecule has 0 radical (unpaired) electrons. The van der Waals surface area contributed by atoms with Gasteiger partial charge in [0.25, 0.3) is 0 Å². The van der Waals surface area contributed by atoms with E-state index in [0.29, 0.717) is 0 Å². The molecule has 0 bridgehead atoms. The van der Waals surface area contributed by atoms with Crippen LogP contribution in [0.4, 0.5) is 24.5 Å². The standard InChI is InChI=1S/C18H20N2O2.C7H5F3O3S/c19-12-6-5-9-15(18(12)21)20-13-7-1-3-10-16(13)22-17-11-4-2-8-14(17)20;8-7(9,10)13-5-1-3-6(4-2-5)14(11)12/h1-4,7-8,10-12,15,18,21H,5-6,9,19H2;1-4H,(H,11,12)/p-1/t12-,15+,18+;/m1./s1. The highest BCUT2D eigenvalue weighted by atomic mass is 32.2. The third-order valence-electron chi connectivity index (χ3n) is 5.92. The van der Waals surface area contributed by atoms with E-state index in [1.807, 2.05) is 48.5 Å². The Morgan fingerprint density at radius 2 is 1.53 bits per heavy atom. The number of halogens is 3. The predicted octanol–water partition coefficient (Wildman–Crippen LogP) is 4.99. The average molecular weight is 522 g/mol. The van der Waals surface area contributed by atoms with Gasteiger partial charge in [-0.05, 0) is 78.9 Å². The second-order valence-electron chi connectivity index (χ2n) is 8.31. The van der Waals surface area contributed by atoms with E-state index in [4.69, 9.17) is 10.5 Å². The van der Waals surface area contributed by atoms with Crippen molar-refractivity contribution in [2.24, 2.45) is 5.73 Å². The number of aliphatic hydroxyl groups is 1. The zero-order valence-corrected chi connectivity index (χ0v) is 19.7. The first-order valence-corrected chi connectivity index (χ1v) is 12.3. The number of hydrogen-bond donors (Lipinski definition) is 2. The zero-order valence-electron chi connectivity index (χ0n) is 18.9. The summed E-state index contributed by atoms with van der Waals surface area (Å²) in [5.74, 6) is 1.20. The van der Waals surface area contributed by atoms with Gasteiger partial charge in [-0.25, -0.2) is 0 Å². The van der Waals surface area contributed by atoms with Gasteiger partial charge in [0, 0.05) is 10.9 Å². The fourth-order valence-corrected chi connectivity index (χ4v) is 4.67. The van der Waals surface area contributed by atoms with E-state index in [0.717, 1.165) is 66.4 Å². The van der Waals surface area contributed by atoms with Crippen LogP contribution >= 0.6 is 0 Å². The summed E-state index contributed by atoms with van der Waals surface area (Å²) < 4.78 is 65.2. The molecule has 1 unspecified atom stereocenters. The molecule has 0 saturated heterocycles. The maximum atomic E-state index is 11.7. The summed E-state index contributed by atoms with van der Waals surface area (Å²) in [7, 11) is 0. The molecule has 3 aromatic rings. The van der Waals surface area contributed by atoms with Crippen LogP contribution in [0.3, 0.4) is 0 Å². The van der Waals surface area contributed by atoms with Gasteiger partial charge in [0.1, 0.15) is 5.75 Å². The van der Waals surface area contributed by atoms with Gasteiger partial charge in [0.05, 0.1) is 23.5 Å². The molecule has 0 aromatic heterocycles. The number of anilines is 2. The van der Waals surface area contributed by atoms with Crippen LogP contribution in [-0.4, -0.2) is 38.4 Å². The molecule has 4 atom stereocenters. The van der Waals surface area contributed by atoms with E-state index in [1.165, 1.54) is 0 Å². The topological polar surface area (TPSA) is 108 Å². The van der Waals surface area contributed by atoms with Crippen molar-refractivity contribution in [2.45, 2.75) is 48.7 Å². The lowest BCUT2D eigenvalue weighted by atomic mass is 9.86. The summed E-state index contributed by atoms with van der Waals surface area (Å²) >= 11 is -2.45. The SMILES string of the molecule is N[C@@H]1CCC[C@H](N2c3ccccc3Oc3ccccc32)[C@H]1O.O=S([O-])c1ccc(OC(F)(F)F)cc1. The van der Waals surface area contributed by atoms with Crippen molar-refractivity contribution in [1.82, 2.24) is 0 Å². The van der Waals surface area contributed by atoms with Gasteiger partial charge in [-0.3, -0.25) is 4.21 Å². The van der Waals surface area contributed by atoms with E-state index < -0.39 is 29.3 Å². The summed E-state index contributed by atoms with van der Waals surface area (Å²) in [4.78, 5) is 2.11. The van der Waals surface area contributed by atoms with Crippen LogP contribution in [0.25, 0.3) is 0 Å². The van der Waals surface area contributed by atoms with Crippen molar-refractivity contribution in [2.75, 3.05) is 4.90 Å². The first-order chi connectivity index (χ1) is 17.1. The number of alkyl halides is 3. The molecule has 11 heteroatoms. The first-order valence-electron chi connectivity index (χ1n) is 11.2.